The molecule has 0 saturated heterocycles. The zero-order valence-corrected chi connectivity index (χ0v) is 11.4. The third-order valence-electron chi connectivity index (χ3n) is 2.61. The lowest BCUT2D eigenvalue weighted by Gasteiger charge is -2.04. The summed E-state index contributed by atoms with van der Waals surface area (Å²) in [7, 11) is 0. The zero-order valence-electron chi connectivity index (χ0n) is 8.98. The van der Waals surface area contributed by atoms with E-state index in [0.717, 1.165) is 15.4 Å². The molecule has 0 radical (unpaired) electrons. The van der Waals surface area contributed by atoms with Crippen LogP contribution >= 0.6 is 27.3 Å². The van der Waals surface area contributed by atoms with Crippen molar-refractivity contribution in [1.29, 1.82) is 0 Å². The van der Waals surface area contributed by atoms with Gasteiger partial charge in [0.2, 0.25) is 0 Å². The van der Waals surface area contributed by atoms with Gasteiger partial charge in [0.15, 0.2) is 5.13 Å². The van der Waals surface area contributed by atoms with E-state index >= 15 is 0 Å². The number of nitrogens with zero attached hydrogens (tertiary/aromatic N) is 2. The zero-order chi connectivity index (χ0) is 11.8. The highest BCUT2D eigenvalue weighted by atomic mass is 79.9. The molecule has 1 saturated carbocycles. The first-order chi connectivity index (χ1) is 8.22. The van der Waals surface area contributed by atoms with Crippen LogP contribution in [0.4, 0.5) is 16.6 Å². The van der Waals surface area contributed by atoms with E-state index in [9.17, 15) is 0 Å². The smallest absolute Gasteiger partial charge is 0.188 e. The van der Waals surface area contributed by atoms with Crippen LogP contribution in [-0.2, 0) is 0 Å². The largest absolute Gasteiger partial charge is 0.397 e. The van der Waals surface area contributed by atoms with Crippen molar-refractivity contribution >= 4 is 43.9 Å². The molecule has 3 N–H and O–H groups in total. The Morgan fingerprint density at radius 3 is 3.00 bits per heavy atom. The van der Waals surface area contributed by atoms with Gasteiger partial charge in [0, 0.05) is 11.3 Å². The maximum Gasteiger partial charge on any atom is 0.188 e. The van der Waals surface area contributed by atoms with Gasteiger partial charge in [-0.05, 0) is 34.8 Å². The van der Waals surface area contributed by atoms with Gasteiger partial charge in [-0.15, -0.1) is 11.3 Å². The molecule has 2 aromatic heterocycles. The minimum absolute atomic E-state index is 0.639. The molecule has 0 amide bonds. The first kappa shape index (κ1) is 11.0. The maximum absolute atomic E-state index is 5.64. The Labute approximate surface area is 111 Å². The number of rotatable bonds is 3. The number of nitrogen functional groups attached to an aromatic ring is 1. The number of halogens is 1. The lowest BCUT2D eigenvalue weighted by atomic mass is 10.3. The number of nitrogens with one attached hydrogen (secondary N) is 1. The molecule has 88 valence electrons. The van der Waals surface area contributed by atoms with E-state index in [2.05, 4.69) is 36.6 Å². The molecule has 0 bridgehead atoms. The van der Waals surface area contributed by atoms with E-state index in [4.69, 9.17) is 5.73 Å². The van der Waals surface area contributed by atoms with Gasteiger partial charge in [-0.2, -0.15) is 0 Å². The van der Waals surface area contributed by atoms with Gasteiger partial charge in [-0.1, -0.05) is 0 Å². The summed E-state index contributed by atoms with van der Waals surface area (Å²) in [6, 6.07) is 1.82. The molecule has 0 atom stereocenters. The van der Waals surface area contributed by atoms with Crippen LogP contribution in [0.5, 0.6) is 0 Å². The molecule has 2 aromatic rings. The van der Waals surface area contributed by atoms with E-state index in [0.29, 0.717) is 11.6 Å². The Morgan fingerprint density at radius 1 is 1.47 bits per heavy atom. The minimum atomic E-state index is 0.639. The van der Waals surface area contributed by atoms with Crippen LogP contribution in [0.15, 0.2) is 22.1 Å². The number of hydrogen-bond acceptors (Lipinski definition) is 5. The van der Waals surface area contributed by atoms with Crippen molar-refractivity contribution in [1.82, 2.24) is 9.97 Å². The summed E-state index contributed by atoms with van der Waals surface area (Å²) in [5.41, 5.74) is 7.48. The Morgan fingerprint density at radius 2 is 2.29 bits per heavy atom. The lowest BCUT2D eigenvalue weighted by molar-refractivity contribution is 1.05. The normalized spacial score (nSPS) is 14.9. The molecule has 17 heavy (non-hydrogen) atoms. The fourth-order valence-electron chi connectivity index (χ4n) is 1.56. The van der Waals surface area contributed by atoms with E-state index in [1.165, 1.54) is 18.5 Å². The minimum Gasteiger partial charge on any atom is -0.397 e. The Bertz CT molecular complexity index is 550. The first-order valence-corrected chi connectivity index (χ1v) is 7.03. The van der Waals surface area contributed by atoms with Gasteiger partial charge in [0.1, 0.15) is 5.82 Å². The second-order valence-corrected chi connectivity index (χ2v) is 5.79. The quantitative estimate of drug-likeness (QED) is 0.910. The predicted octanol–water partition coefficient (Wildman–Crippen LogP) is 3.50. The molecule has 3 rings (SSSR count). The molecule has 0 aliphatic heterocycles. The van der Waals surface area contributed by atoms with Crippen LogP contribution in [0.25, 0.3) is 0 Å². The molecule has 0 unspecified atom stereocenters. The third-order valence-corrected chi connectivity index (χ3v) is 3.99. The monoisotopic (exact) mass is 310 g/mol. The highest BCUT2D eigenvalue weighted by Crippen LogP contribution is 2.41. The average Bonchev–Trinajstić information content (AvgIpc) is 3.04. The summed E-state index contributed by atoms with van der Waals surface area (Å²) in [6.45, 7) is 0. The number of anilines is 3. The van der Waals surface area contributed by atoms with Crippen LogP contribution < -0.4 is 11.1 Å². The lowest BCUT2D eigenvalue weighted by Crippen LogP contribution is -1.96. The molecule has 6 heteroatoms. The number of nitrogens with two attached hydrogens (primary N) is 1. The van der Waals surface area contributed by atoms with Crippen molar-refractivity contribution in [2.75, 3.05) is 11.1 Å². The number of pyridine rings is 1. The third kappa shape index (κ3) is 2.42. The van der Waals surface area contributed by atoms with Gasteiger partial charge in [0.05, 0.1) is 22.1 Å². The molecule has 1 aliphatic carbocycles. The Balaban J connectivity index is 1.80. The van der Waals surface area contributed by atoms with Crippen molar-refractivity contribution in [3.05, 3.63) is 27.8 Å². The Hall–Kier alpha value is -1.14. The molecule has 1 fully saturated rings. The highest BCUT2D eigenvalue weighted by molar-refractivity contribution is 9.10. The summed E-state index contributed by atoms with van der Waals surface area (Å²) in [5.74, 6) is 1.43. The van der Waals surface area contributed by atoms with Crippen molar-refractivity contribution in [2.45, 2.75) is 18.8 Å². The van der Waals surface area contributed by atoms with Crippen LogP contribution in [-0.4, -0.2) is 9.97 Å². The summed E-state index contributed by atoms with van der Waals surface area (Å²) >= 11 is 5.04. The van der Waals surface area contributed by atoms with Gasteiger partial charge in [-0.3, -0.25) is 0 Å². The Kier molecular flexibility index (Phi) is 2.76. The van der Waals surface area contributed by atoms with E-state index in [-0.39, 0.29) is 0 Å². The second kappa shape index (κ2) is 4.27. The maximum atomic E-state index is 5.64. The van der Waals surface area contributed by atoms with E-state index < -0.39 is 0 Å². The molecule has 0 spiro atoms. The van der Waals surface area contributed by atoms with Crippen LogP contribution in [0.3, 0.4) is 0 Å². The number of hydrogen-bond donors (Lipinski definition) is 2. The summed E-state index contributed by atoms with van der Waals surface area (Å²) in [4.78, 5) is 8.77. The van der Waals surface area contributed by atoms with Gasteiger partial charge >= 0.3 is 0 Å². The SMILES string of the molecule is Nc1cnc(Nc2nc(C3CC3)cs2)c(Br)c1. The fourth-order valence-corrected chi connectivity index (χ4v) is 2.81. The van der Waals surface area contributed by atoms with Crippen LogP contribution in [0.1, 0.15) is 24.5 Å². The van der Waals surface area contributed by atoms with Gasteiger partial charge < -0.3 is 11.1 Å². The molecule has 1 aliphatic rings. The van der Waals surface area contributed by atoms with E-state index in [1.54, 1.807) is 17.5 Å². The summed E-state index contributed by atoms with van der Waals surface area (Å²) < 4.78 is 0.848. The second-order valence-electron chi connectivity index (χ2n) is 4.08. The van der Waals surface area contributed by atoms with E-state index in [1.807, 2.05) is 6.07 Å². The molecule has 0 aromatic carbocycles. The average molecular weight is 311 g/mol. The summed E-state index contributed by atoms with van der Waals surface area (Å²) in [6.07, 6.45) is 4.17. The molecular weight excluding hydrogens is 300 g/mol. The molecular formula is C11H11BrN4S. The standard InChI is InChI=1S/C11H11BrN4S/c12-8-3-7(13)4-14-10(8)16-11-15-9(5-17-11)6-1-2-6/h3-6H,1-2,13H2,(H,14,15,16). The van der Waals surface area contributed by atoms with Crippen molar-refractivity contribution in [3.63, 3.8) is 0 Å². The number of aromatic nitrogens is 2. The van der Waals surface area contributed by atoms with Crippen LogP contribution in [0, 0.1) is 0 Å². The van der Waals surface area contributed by atoms with Crippen molar-refractivity contribution < 1.29 is 0 Å². The van der Waals surface area contributed by atoms with Gasteiger partial charge in [0.25, 0.3) is 0 Å². The van der Waals surface area contributed by atoms with Crippen molar-refractivity contribution in [3.8, 4) is 0 Å². The van der Waals surface area contributed by atoms with Gasteiger partial charge in [-0.25, -0.2) is 9.97 Å². The molecule has 2 heterocycles. The molecule has 4 nitrogen and oxygen atoms in total. The highest BCUT2D eigenvalue weighted by Gasteiger charge is 2.26. The predicted molar refractivity (Wildman–Crippen MR) is 73.7 cm³/mol. The fraction of sp³-hybridized carbons (Fsp3) is 0.273. The summed E-state index contributed by atoms with van der Waals surface area (Å²) in [5, 5.41) is 6.19. The topological polar surface area (TPSA) is 63.8 Å². The number of thiazole rings is 1. The van der Waals surface area contributed by atoms with Crippen LogP contribution in [0.2, 0.25) is 0 Å². The van der Waals surface area contributed by atoms with Crippen molar-refractivity contribution in [2.24, 2.45) is 0 Å². The first-order valence-electron chi connectivity index (χ1n) is 5.36.